The second-order valence-corrected chi connectivity index (χ2v) is 2.92. The van der Waals surface area contributed by atoms with Gasteiger partial charge in [0, 0.05) is 0 Å². The molecule has 0 aliphatic rings. The topological polar surface area (TPSA) is 89.9 Å². The third-order valence-electron chi connectivity index (χ3n) is 1.75. The molecule has 0 saturated heterocycles. The minimum atomic E-state index is -1.66. The number of hydrogen-bond donors (Lipinski definition) is 1. The molecule has 1 N–H and O–H groups in total. The van der Waals surface area contributed by atoms with Gasteiger partial charge in [-0.1, -0.05) is 13.8 Å². The molecule has 6 heteroatoms. The summed E-state index contributed by atoms with van der Waals surface area (Å²) in [7, 11) is 0. The highest BCUT2D eigenvalue weighted by atomic mass is 16.6. The van der Waals surface area contributed by atoms with Gasteiger partial charge in [0.25, 0.3) is 0 Å². The van der Waals surface area contributed by atoms with Crippen LogP contribution in [0, 0.1) is 5.92 Å². The summed E-state index contributed by atoms with van der Waals surface area (Å²) in [5.74, 6) is -3.61. The van der Waals surface area contributed by atoms with Gasteiger partial charge >= 0.3 is 17.9 Å². The van der Waals surface area contributed by atoms with Crippen molar-refractivity contribution in [1.29, 1.82) is 0 Å². The summed E-state index contributed by atoms with van der Waals surface area (Å²) in [5.41, 5.74) is 0. The maximum absolute atomic E-state index is 11.1. The van der Waals surface area contributed by atoms with E-state index in [-0.39, 0.29) is 25.1 Å². The van der Waals surface area contributed by atoms with E-state index < -0.39 is 11.9 Å². The van der Waals surface area contributed by atoms with E-state index in [0.717, 1.165) is 0 Å². The van der Waals surface area contributed by atoms with Gasteiger partial charge in [0.15, 0.2) is 0 Å². The molecule has 15 heavy (non-hydrogen) atoms. The second-order valence-electron chi connectivity index (χ2n) is 2.92. The number of rotatable bonds is 5. The fraction of sp³-hybridized carbons (Fsp3) is 0.667. The molecule has 0 aliphatic carbocycles. The molecular formula is C9H14O6. The third-order valence-corrected chi connectivity index (χ3v) is 1.75. The van der Waals surface area contributed by atoms with E-state index in [4.69, 9.17) is 9.84 Å². The van der Waals surface area contributed by atoms with Crippen LogP contribution in [0.4, 0.5) is 0 Å². The molecule has 1 atom stereocenters. The summed E-state index contributed by atoms with van der Waals surface area (Å²) < 4.78 is 8.97. The number of ether oxygens (including phenoxy) is 2. The minimum absolute atomic E-state index is 0.123. The smallest absolute Gasteiger partial charge is 0.417 e. The van der Waals surface area contributed by atoms with Crippen LogP contribution < -0.4 is 0 Å². The van der Waals surface area contributed by atoms with Crippen molar-refractivity contribution in [3.05, 3.63) is 0 Å². The predicted octanol–water partition coefficient (Wildman–Crippen LogP) is 0.203. The van der Waals surface area contributed by atoms with Crippen molar-refractivity contribution in [3.63, 3.8) is 0 Å². The van der Waals surface area contributed by atoms with Crippen molar-refractivity contribution in [3.8, 4) is 0 Å². The fourth-order valence-electron chi connectivity index (χ4n) is 0.647. The standard InChI is InChI=1S/C9H14O6/c1-3-6(2)8(12)14-4-5-15-9(13)7(10)11/h6H,3-5H2,1-2H3,(H,10,11). The largest absolute Gasteiger partial charge is 0.473 e. The fourth-order valence-corrected chi connectivity index (χ4v) is 0.647. The normalized spacial score (nSPS) is 11.6. The minimum Gasteiger partial charge on any atom is -0.473 e. The van der Waals surface area contributed by atoms with Gasteiger partial charge in [0.2, 0.25) is 0 Å². The van der Waals surface area contributed by atoms with Crippen LogP contribution in [0.5, 0.6) is 0 Å². The van der Waals surface area contributed by atoms with Crippen molar-refractivity contribution in [2.24, 2.45) is 5.92 Å². The number of hydrogen-bond acceptors (Lipinski definition) is 5. The average Bonchev–Trinajstić information content (AvgIpc) is 2.22. The highest BCUT2D eigenvalue weighted by Gasteiger charge is 2.14. The van der Waals surface area contributed by atoms with E-state index in [1.54, 1.807) is 6.92 Å². The zero-order valence-corrected chi connectivity index (χ0v) is 8.69. The Hall–Kier alpha value is -1.59. The molecule has 0 amide bonds. The van der Waals surface area contributed by atoms with Crippen LogP contribution in [0.1, 0.15) is 20.3 Å². The number of carbonyl (C=O) groups excluding carboxylic acids is 2. The van der Waals surface area contributed by atoms with Gasteiger partial charge in [-0.3, -0.25) is 4.79 Å². The molecule has 1 unspecified atom stereocenters. The molecule has 0 saturated carbocycles. The Bertz CT molecular complexity index is 247. The van der Waals surface area contributed by atoms with Crippen LogP contribution in [-0.4, -0.2) is 36.2 Å². The highest BCUT2D eigenvalue weighted by Crippen LogP contribution is 2.02. The molecule has 0 aromatic carbocycles. The van der Waals surface area contributed by atoms with Gasteiger partial charge < -0.3 is 14.6 Å². The number of carboxylic acid groups (broad SMARTS) is 1. The quantitative estimate of drug-likeness (QED) is 0.403. The monoisotopic (exact) mass is 218 g/mol. The summed E-state index contributed by atoms with van der Waals surface area (Å²) in [6.07, 6.45) is 0.660. The van der Waals surface area contributed by atoms with Crippen LogP contribution in [0.3, 0.4) is 0 Å². The SMILES string of the molecule is CCC(C)C(=O)OCCOC(=O)C(=O)O. The van der Waals surface area contributed by atoms with Crippen molar-refractivity contribution in [2.75, 3.05) is 13.2 Å². The van der Waals surface area contributed by atoms with E-state index in [1.165, 1.54) is 0 Å². The Morgan fingerprint density at radius 3 is 2.20 bits per heavy atom. The van der Waals surface area contributed by atoms with E-state index in [9.17, 15) is 14.4 Å². The van der Waals surface area contributed by atoms with Crippen LogP contribution in [-0.2, 0) is 23.9 Å². The van der Waals surface area contributed by atoms with Gasteiger partial charge in [-0.15, -0.1) is 0 Å². The first-order valence-corrected chi connectivity index (χ1v) is 4.55. The zero-order valence-electron chi connectivity index (χ0n) is 8.69. The van der Waals surface area contributed by atoms with Crippen LogP contribution in [0.2, 0.25) is 0 Å². The van der Waals surface area contributed by atoms with E-state index >= 15 is 0 Å². The molecule has 0 aromatic heterocycles. The highest BCUT2D eigenvalue weighted by molar-refractivity contribution is 6.28. The maximum atomic E-state index is 11.1. The number of esters is 2. The molecule has 0 aliphatic heterocycles. The maximum Gasteiger partial charge on any atom is 0.417 e. The van der Waals surface area contributed by atoms with E-state index in [2.05, 4.69) is 4.74 Å². The van der Waals surface area contributed by atoms with Crippen molar-refractivity contribution < 1.29 is 29.0 Å². The number of aliphatic carboxylic acids is 1. The summed E-state index contributed by atoms with van der Waals surface area (Å²) in [6, 6.07) is 0. The van der Waals surface area contributed by atoms with Gasteiger partial charge in [-0.2, -0.15) is 0 Å². The molecule has 0 radical (unpaired) electrons. The summed E-state index contributed by atoms with van der Waals surface area (Å²) in [4.78, 5) is 31.5. The molecule has 0 rings (SSSR count). The van der Waals surface area contributed by atoms with Crippen LogP contribution >= 0.6 is 0 Å². The number of carbonyl (C=O) groups is 3. The van der Waals surface area contributed by atoms with Crippen molar-refractivity contribution in [1.82, 2.24) is 0 Å². The molecule has 0 bridgehead atoms. The van der Waals surface area contributed by atoms with Gasteiger partial charge in [0.1, 0.15) is 13.2 Å². The van der Waals surface area contributed by atoms with E-state index in [1.807, 2.05) is 6.92 Å². The molecular weight excluding hydrogens is 204 g/mol. The summed E-state index contributed by atoms with van der Waals surface area (Å²) >= 11 is 0. The third kappa shape index (κ3) is 5.66. The molecule has 0 spiro atoms. The lowest BCUT2D eigenvalue weighted by Gasteiger charge is -2.08. The van der Waals surface area contributed by atoms with Crippen molar-refractivity contribution in [2.45, 2.75) is 20.3 Å². The molecule has 0 heterocycles. The first-order chi connectivity index (χ1) is 6.99. The lowest BCUT2D eigenvalue weighted by atomic mass is 10.1. The molecule has 6 nitrogen and oxygen atoms in total. The molecule has 0 fully saturated rings. The van der Waals surface area contributed by atoms with Gasteiger partial charge in [-0.05, 0) is 6.42 Å². The van der Waals surface area contributed by atoms with Gasteiger partial charge in [0.05, 0.1) is 5.92 Å². The first-order valence-electron chi connectivity index (χ1n) is 4.55. The van der Waals surface area contributed by atoms with Crippen molar-refractivity contribution >= 4 is 17.9 Å². The molecule has 0 aromatic rings. The van der Waals surface area contributed by atoms with Crippen LogP contribution in [0.15, 0.2) is 0 Å². The Morgan fingerprint density at radius 2 is 1.73 bits per heavy atom. The van der Waals surface area contributed by atoms with E-state index in [0.29, 0.717) is 6.42 Å². The Morgan fingerprint density at radius 1 is 1.20 bits per heavy atom. The summed E-state index contributed by atoms with van der Waals surface area (Å²) in [6.45, 7) is 3.19. The Labute approximate surface area is 87.2 Å². The van der Waals surface area contributed by atoms with Crippen LogP contribution in [0.25, 0.3) is 0 Å². The lowest BCUT2D eigenvalue weighted by molar-refractivity contribution is -0.166. The lowest BCUT2D eigenvalue weighted by Crippen LogP contribution is -2.21. The predicted molar refractivity (Wildman–Crippen MR) is 49.0 cm³/mol. The van der Waals surface area contributed by atoms with Gasteiger partial charge in [-0.25, -0.2) is 9.59 Å². The molecule has 86 valence electrons. The second kappa shape index (κ2) is 6.80. The Balaban J connectivity index is 3.59. The average molecular weight is 218 g/mol. The Kier molecular flexibility index (Phi) is 6.08. The first kappa shape index (κ1) is 13.4. The summed E-state index contributed by atoms with van der Waals surface area (Å²) in [5, 5.41) is 8.13. The number of carboxylic acids is 1. The zero-order chi connectivity index (χ0) is 11.8.